The number of hydrogen-bond acceptors (Lipinski definition) is 3. The molecule has 89 valence electrons. The van der Waals surface area contributed by atoms with Crippen molar-refractivity contribution in [3.63, 3.8) is 0 Å². The molecule has 0 bridgehead atoms. The lowest BCUT2D eigenvalue weighted by Crippen LogP contribution is -2.31. The van der Waals surface area contributed by atoms with E-state index >= 15 is 0 Å². The molecule has 0 saturated heterocycles. The van der Waals surface area contributed by atoms with E-state index in [-0.39, 0.29) is 0 Å². The first kappa shape index (κ1) is 13.0. The molecule has 1 atom stereocenters. The number of aliphatic hydroxyl groups is 1. The van der Waals surface area contributed by atoms with Crippen LogP contribution >= 0.6 is 0 Å². The van der Waals surface area contributed by atoms with Crippen LogP contribution in [0, 0.1) is 6.92 Å². The lowest BCUT2D eigenvalue weighted by atomic mass is 10.2. The van der Waals surface area contributed by atoms with Crippen molar-refractivity contribution in [1.29, 1.82) is 0 Å². The molecule has 0 aliphatic carbocycles. The summed E-state index contributed by atoms with van der Waals surface area (Å²) in [6.45, 7) is 7.69. The van der Waals surface area contributed by atoms with Crippen LogP contribution in [0.15, 0.2) is 24.3 Å². The number of rotatable bonds is 7. The standard InChI is InChI=1S/C13H20NO2/c1-3-8-14-9-12(15)10-16-13-6-4-11(2)5-7-13/h4-7,12,14-15H,2-3,8-10H2,1H3. The molecule has 0 heterocycles. The Balaban J connectivity index is 2.20. The van der Waals surface area contributed by atoms with Gasteiger partial charge in [0.1, 0.15) is 18.5 Å². The van der Waals surface area contributed by atoms with Gasteiger partial charge in [-0.25, -0.2) is 0 Å². The topological polar surface area (TPSA) is 41.5 Å². The van der Waals surface area contributed by atoms with Crippen molar-refractivity contribution in [3.05, 3.63) is 36.8 Å². The van der Waals surface area contributed by atoms with E-state index in [1.165, 1.54) is 0 Å². The van der Waals surface area contributed by atoms with E-state index < -0.39 is 6.10 Å². The first-order valence-corrected chi connectivity index (χ1v) is 5.66. The number of ether oxygens (including phenoxy) is 1. The van der Waals surface area contributed by atoms with Crippen molar-refractivity contribution in [2.24, 2.45) is 0 Å². The minimum absolute atomic E-state index is 0.313. The van der Waals surface area contributed by atoms with Gasteiger partial charge in [0.05, 0.1) is 0 Å². The minimum atomic E-state index is -0.467. The maximum absolute atomic E-state index is 9.59. The van der Waals surface area contributed by atoms with E-state index in [1.807, 2.05) is 24.3 Å². The molecule has 1 aromatic carbocycles. The quantitative estimate of drug-likeness (QED) is 0.689. The average Bonchev–Trinajstić information content (AvgIpc) is 2.29. The summed E-state index contributed by atoms with van der Waals surface area (Å²) in [5.41, 5.74) is 0.956. The smallest absolute Gasteiger partial charge is 0.119 e. The Morgan fingerprint density at radius 1 is 1.38 bits per heavy atom. The normalized spacial score (nSPS) is 12.4. The van der Waals surface area contributed by atoms with Crippen molar-refractivity contribution >= 4 is 0 Å². The van der Waals surface area contributed by atoms with Gasteiger partial charge >= 0.3 is 0 Å². The van der Waals surface area contributed by atoms with Crippen LogP contribution in [0.25, 0.3) is 0 Å². The summed E-state index contributed by atoms with van der Waals surface area (Å²) in [6.07, 6.45) is 0.601. The molecule has 2 N–H and O–H groups in total. The first-order valence-electron chi connectivity index (χ1n) is 5.66. The Kier molecular flexibility index (Phi) is 5.90. The van der Waals surface area contributed by atoms with Crippen molar-refractivity contribution in [2.45, 2.75) is 19.4 Å². The molecule has 0 fully saturated rings. The highest BCUT2D eigenvalue weighted by molar-refractivity contribution is 5.28. The molecular formula is C13H20NO2. The van der Waals surface area contributed by atoms with Gasteiger partial charge in [-0.05, 0) is 37.6 Å². The summed E-state index contributed by atoms with van der Waals surface area (Å²) in [6, 6.07) is 7.48. The number of aliphatic hydroxyl groups excluding tert-OH is 1. The second-order valence-corrected chi connectivity index (χ2v) is 3.81. The van der Waals surface area contributed by atoms with Crippen LogP contribution in [0.1, 0.15) is 18.9 Å². The van der Waals surface area contributed by atoms with E-state index in [2.05, 4.69) is 19.2 Å². The van der Waals surface area contributed by atoms with Gasteiger partial charge in [0.2, 0.25) is 0 Å². The van der Waals surface area contributed by atoms with E-state index in [0.717, 1.165) is 24.3 Å². The Hall–Kier alpha value is -1.06. The monoisotopic (exact) mass is 222 g/mol. The van der Waals surface area contributed by atoms with E-state index in [9.17, 15) is 5.11 Å². The molecule has 0 aliphatic rings. The molecule has 0 amide bonds. The molecule has 0 aliphatic heterocycles. The van der Waals surface area contributed by atoms with Gasteiger partial charge in [0.15, 0.2) is 0 Å². The summed E-state index contributed by atoms with van der Waals surface area (Å²) in [5, 5.41) is 12.7. The van der Waals surface area contributed by atoms with E-state index in [1.54, 1.807) is 0 Å². The van der Waals surface area contributed by atoms with Gasteiger partial charge in [-0.15, -0.1) is 0 Å². The fourth-order valence-corrected chi connectivity index (χ4v) is 1.28. The van der Waals surface area contributed by atoms with Crippen LogP contribution in [0.3, 0.4) is 0 Å². The SMILES string of the molecule is [CH2]c1ccc(OCC(O)CNCCC)cc1. The zero-order valence-corrected chi connectivity index (χ0v) is 9.78. The number of benzene rings is 1. The van der Waals surface area contributed by atoms with E-state index in [0.29, 0.717) is 13.2 Å². The fraction of sp³-hybridized carbons (Fsp3) is 0.462. The van der Waals surface area contributed by atoms with Gasteiger partial charge in [-0.1, -0.05) is 19.1 Å². The summed E-state index contributed by atoms with van der Waals surface area (Å²) >= 11 is 0. The van der Waals surface area contributed by atoms with Gasteiger partial charge in [0, 0.05) is 6.54 Å². The van der Waals surface area contributed by atoms with Crippen molar-refractivity contribution in [2.75, 3.05) is 19.7 Å². The molecule has 0 saturated carbocycles. The second kappa shape index (κ2) is 7.25. The Morgan fingerprint density at radius 2 is 2.06 bits per heavy atom. The van der Waals surface area contributed by atoms with Gasteiger partial charge in [0.25, 0.3) is 0 Å². The molecule has 1 radical (unpaired) electrons. The third kappa shape index (κ3) is 5.14. The molecule has 1 unspecified atom stereocenters. The zero-order chi connectivity index (χ0) is 11.8. The Labute approximate surface area is 97.4 Å². The molecule has 0 aromatic heterocycles. The molecule has 16 heavy (non-hydrogen) atoms. The van der Waals surface area contributed by atoms with Crippen LogP contribution in [-0.4, -0.2) is 30.9 Å². The van der Waals surface area contributed by atoms with Crippen molar-refractivity contribution in [3.8, 4) is 5.75 Å². The minimum Gasteiger partial charge on any atom is -0.491 e. The van der Waals surface area contributed by atoms with Crippen LogP contribution < -0.4 is 10.1 Å². The van der Waals surface area contributed by atoms with Gasteiger partial charge in [-0.3, -0.25) is 0 Å². The van der Waals surface area contributed by atoms with Crippen LogP contribution in [0.5, 0.6) is 5.75 Å². The molecule has 3 heteroatoms. The lowest BCUT2D eigenvalue weighted by molar-refractivity contribution is 0.106. The van der Waals surface area contributed by atoms with Crippen molar-refractivity contribution in [1.82, 2.24) is 5.32 Å². The molecule has 3 nitrogen and oxygen atoms in total. The highest BCUT2D eigenvalue weighted by atomic mass is 16.5. The summed E-state index contributed by atoms with van der Waals surface area (Å²) < 4.78 is 5.44. The predicted octanol–water partition coefficient (Wildman–Crippen LogP) is 1.61. The van der Waals surface area contributed by atoms with Gasteiger partial charge < -0.3 is 15.2 Å². The number of hydrogen-bond donors (Lipinski definition) is 2. The predicted molar refractivity (Wildman–Crippen MR) is 65.6 cm³/mol. The van der Waals surface area contributed by atoms with Gasteiger partial charge in [-0.2, -0.15) is 0 Å². The largest absolute Gasteiger partial charge is 0.491 e. The average molecular weight is 222 g/mol. The molecule has 1 rings (SSSR count). The van der Waals surface area contributed by atoms with Crippen LogP contribution in [0.2, 0.25) is 0 Å². The van der Waals surface area contributed by atoms with E-state index in [4.69, 9.17) is 4.74 Å². The highest BCUT2D eigenvalue weighted by Crippen LogP contribution is 2.11. The maximum atomic E-state index is 9.59. The summed E-state index contributed by atoms with van der Waals surface area (Å²) in [7, 11) is 0. The first-order chi connectivity index (χ1) is 7.72. The molecular weight excluding hydrogens is 202 g/mol. The summed E-state index contributed by atoms with van der Waals surface area (Å²) in [4.78, 5) is 0. The lowest BCUT2D eigenvalue weighted by Gasteiger charge is -2.13. The van der Waals surface area contributed by atoms with Crippen LogP contribution in [-0.2, 0) is 0 Å². The zero-order valence-electron chi connectivity index (χ0n) is 9.78. The Morgan fingerprint density at radius 3 is 2.69 bits per heavy atom. The third-order valence-corrected chi connectivity index (χ3v) is 2.17. The second-order valence-electron chi connectivity index (χ2n) is 3.81. The Bertz CT molecular complexity index is 284. The number of nitrogens with one attached hydrogen (secondary N) is 1. The third-order valence-electron chi connectivity index (χ3n) is 2.17. The maximum Gasteiger partial charge on any atom is 0.119 e. The summed E-state index contributed by atoms with van der Waals surface area (Å²) in [5.74, 6) is 0.766. The molecule has 0 spiro atoms. The molecule has 1 aromatic rings. The fourth-order valence-electron chi connectivity index (χ4n) is 1.28. The highest BCUT2D eigenvalue weighted by Gasteiger charge is 2.03. The van der Waals surface area contributed by atoms with Crippen LogP contribution in [0.4, 0.5) is 0 Å². The van der Waals surface area contributed by atoms with Crippen molar-refractivity contribution < 1.29 is 9.84 Å².